The molecule has 0 aliphatic rings. The highest BCUT2D eigenvalue weighted by atomic mass is 16.3. The van der Waals surface area contributed by atoms with Crippen molar-refractivity contribution in [1.29, 1.82) is 0 Å². The summed E-state index contributed by atoms with van der Waals surface area (Å²) in [6.07, 6.45) is 0. The third kappa shape index (κ3) is 3.78. The van der Waals surface area contributed by atoms with E-state index in [1.165, 1.54) is 0 Å². The molecule has 0 aliphatic heterocycles. The molecule has 0 saturated heterocycles. The van der Waals surface area contributed by atoms with Gasteiger partial charge >= 0.3 is 0 Å². The Hall–Kier alpha value is -2.93. The predicted molar refractivity (Wildman–Crippen MR) is 103 cm³/mol. The smallest absolute Gasteiger partial charge is 0.269 e. The van der Waals surface area contributed by atoms with Crippen molar-refractivity contribution >= 4 is 5.91 Å². The molecular formula is C20H25N5O2. The molecule has 2 aromatic heterocycles. The third-order valence-corrected chi connectivity index (χ3v) is 4.58. The topological polar surface area (TPSA) is 95.8 Å². The van der Waals surface area contributed by atoms with Crippen LogP contribution in [0, 0.1) is 13.8 Å². The van der Waals surface area contributed by atoms with Crippen LogP contribution in [0.15, 0.2) is 36.4 Å². The number of carbonyl (C=O) groups excluding carboxylic acids is 1. The molecule has 1 aromatic carbocycles. The maximum Gasteiger partial charge on any atom is 0.269 e. The van der Waals surface area contributed by atoms with E-state index in [9.17, 15) is 9.90 Å². The van der Waals surface area contributed by atoms with Gasteiger partial charge in [-0.2, -0.15) is 10.2 Å². The van der Waals surface area contributed by atoms with Crippen molar-refractivity contribution < 1.29 is 9.90 Å². The molecule has 0 saturated carbocycles. The van der Waals surface area contributed by atoms with E-state index in [1.54, 1.807) is 6.07 Å². The summed E-state index contributed by atoms with van der Waals surface area (Å²) in [5.41, 5.74) is 4.69. The quantitative estimate of drug-likeness (QED) is 0.624. The van der Waals surface area contributed by atoms with Gasteiger partial charge in [0.2, 0.25) is 0 Å². The Morgan fingerprint density at radius 1 is 1.26 bits per heavy atom. The Labute approximate surface area is 158 Å². The van der Waals surface area contributed by atoms with Gasteiger partial charge in [0.1, 0.15) is 5.69 Å². The molecule has 2 heterocycles. The average Bonchev–Trinajstić information content (AvgIpc) is 3.24. The minimum Gasteiger partial charge on any atom is -0.394 e. The van der Waals surface area contributed by atoms with Gasteiger partial charge < -0.3 is 10.4 Å². The maximum absolute atomic E-state index is 12.6. The van der Waals surface area contributed by atoms with E-state index in [1.807, 2.05) is 48.9 Å². The molecule has 0 aliphatic carbocycles. The van der Waals surface area contributed by atoms with Crippen molar-refractivity contribution in [2.45, 2.75) is 39.8 Å². The molecule has 142 valence electrons. The molecule has 27 heavy (non-hydrogen) atoms. The highest BCUT2D eigenvalue weighted by Crippen LogP contribution is 2.27. The lowest BCUT2D eigenvalue weighted by atomic mass is 10.1. The van der Waals surface area contributed by atoms with Gasteiger partial charge in [-0.25, -0.2) is 0 Å². The number of amides is 1. The van der Waals surface area contributed by atoms with Crippen LogP contribution in [-0.2, 0) is 0 Å². The first kappa shape index (κ1) is 18.8. The second-order valence-corrected chi connectivity index (χ2v) is 6.87. The zero-order valence-electron chi connectivity index (χ0n) is 16.0. The summed E-state index contributed by atoms with van der Waals surface area (Å²) in [6.45, 7) is 7.90. The lowest BCUT2D eigenvalue weighted by Gasteiger charge is -2.15. The third-order valence-electron chi connectivity index (χ3n) is 4.58. The van der Waals surface area contributed by atoms with E-state index in [0.29, 0.717) is 11.4 Å². The Bertz CT molecular complexity index is 927. The van der Waals surface area contributed by atoms with Gasteiger partial charge in [0.25, 0.3) is 5.91 Å². The number of aromatic amines is 1. The fraction of sp³-hybridized carbons (Fsp3) is 0.350. The second kappa shape index (κ2) is 7.75. The number of benzene rings is 1. The number of nitrogens with one attached hydrogen (secondary N) is 2. The van der Waals surface area contributed by atoms with E-state index in [4.69, 9.17) is 0 Å². The summed E-state index contributed by atoms with van der Waals surface area (Å²) in [5, 5.41) is 24.1. The minimum absolute atomic E-state index is 0.184. The summed E-state index contributed by atoms with van der Waals surface area (Å²) in [7, 11) is 0. The molecule has 3 aromatic rings. The summed E-state index contributed by atoms with van der Waals surface area (Å²) in [6, 6.07) is 10.9. The van der Waals surface area contributed by atoms with Gasteiger partial charge in [-0.05, 0) is 39.3 Å². The van der Waals surface area contributed by atoms with Crippen molar-refractivity contribution in [3.8, 4) is 11.3 Å². The molecule has 0 bridgehead atoms. The van der Waals surface area contributed by atoms with Gasteiger partial charge in [0.15, 0.2) is 0 Å². The number of aryl methyl sites for hydroxylation is 1. The molecule has 0 fully saturated rings. The lowest BCUT2D eigenvalue weighted by Crippen LogP contribution is -2.31. The minimum atomic E-state index is -0.474. The number of rotatable bonds is 6. The molecule has 0 spiro atoms. The number of aliphatic hydroxyl groups is 1. The Morgan fingerprint density at radius 2 is 1.96 bits per heavy atom. The molecule has 3 N–H and O–H groups in total. The van der Waals surface area contributed by atoms with Crippen LogP contribution in [0.25, 0.3) is 11.3 Å². The largest absolute Gasteiger partial charge is 0.394 e. The first-order valence-electron chi connectivity index (χ1n) is 9.00. The molecule has 1 amide bonds. The first-order chi connectivity index (χ1) is 12.9. The SMILES string of the molecule is Cc1nn(C(C)C)c(C)c1-c1cc(C(=O)N[C@H](CO)c2ccccc2)[nH]n1. The zero-order chi connectivity index (χ0) is 19.6. The fourth-order valence-electron chi connectivity index (χ4n) is 3.26. The van der Waals surface area contributed by atoms with E-state index in [0.717, 1.165) is 22.5 Å². The first-order valence-corrected chi connectivity index (χ1v) is 9.00. The summed E-state index contributed by atoms with van der Waals surface area (Å²) in [4.78, 5) is 12.6. The monoisotopic (exact) mass is 367 g/mol. The number of aromatic nitrogens is 4. The van der Waals surface area contributed by atoms with Crippen LogP contribution in [0.2, 0.25) is 0 Å². The van der Waals surface area contributed by atoms with Gasteiger partial charge in [-0.1, -0.05) is 30.3 Å². The van der Waals surface area contributed by atoms with Gasteiger partial charge in [0.05, 0.1) is 24.0 Å². The van der Waals surface area contributed by atoms with Gasteiger partial charge in [0, 0.05) is 17.3 Å². The predicted octanol–water partition coefficient (Wildman–Crippen LogP) is 2.93. The van der Waals surface area contributed by atoms with E-state index < -0.39 is 6.04 Å². The van der Waals surface area contributed by atoms with Crippen molar-refractivity contribution in [3.63, 3.8) is 0 Å². The van der Waals surface area contributed by atoms with E-state index >= 15 is 0 Å². The van der Waals surface area contributed by atoms with Gasteiger partial charge in [-0.15, -0.1) is 0 Å². The van der Waals surface area contributed by atoms with Crippen molar-refractivity contribution in [3.05, 3.63) is 59.0 Å². The molecule has 1 atom stereocenters. The van der Waals surface area contributed by atoms with Crippen LogP contribution >= 0.6 is 0 Å². The van der Waals surface area contributed by atoms with Crippen LogP contribution in [0.5, 0.6) is 0 Å². The number of H-pyrrole nitrogens is 1. The van der Waals surface area contributed by atoms with Crippen LogP contribution < -0.4 is 5.32 Å². The van der Waals surface area contributed by atoms with Crippen molar-refractivity contribution in [1.82, 2.24) is 25.3 Å². The second-order valence-electron chi connectivity index (χ2n) is 6.87. The molecule has 0 unspecified atom stereocenters. The lowest BCUT2D eigenvalue weighted by molar-refractivity contribution is 0.0911. The summed E-state index contributed by atoms with van der Waals surface area (Å²) < 4.78 is 1.95. The Morgan fingerprint density at radius 3 is 2.56 bits per heavy atom. The molecule has 7 heteroatoms. The van der Waals surface area contributed by atoms with Crippen molar-refractivity contribution in [2.75, 3.05) is 6.61 Å². The van der Waals surface area contributed by atoms with Crippen LogP contribution in [0.3, 0.4) is 0 Å². The number of nitrogens with zero attached hydrogens (tertiary/aromatic N) is 3. The summed E-state index contributed by atoms with van der Waals surface area (Å²) in [5.74, 6) is -0.316. The van der Waals surface area contributed by atoms with E-state index in [-0.39, 0.29) is 18.6 Å². The highest BCUT2D eigenvalue weighted by molar-refractivity contribution is 5.93. The fourth-order valence-corrected chi connectivity index (χ4v) is 3.26. The number of aliphatic hydroxyl groups excluding tert-OH is 1. The van der Waals surface area contributed by atoms with E-state index in [2.05, 4.69) is 34.5 Å². The standard InChI is InChI=1S/C20H25N5O2/c1-12(2)25-14(4)19(13(3)24-25)16-10-17(23-22-16)20(27)21-18(11-26)15-8-6-5-7-9-15/h5-10,12,18,26H,11H2,1-4H3,(H,21,27)(H,22,23)/t18-/m1/s1. The normalized spacial score (nSPS) is 12.4. The maximum atomic E-state index is 12.6. The number of hydrogen-bond acceptors (Lipinski definition) is 4. The molecule has 7 nitrogen and oxygen atoms in total. The van der Waals surface area contributed by atoms with Crippen LogP contribution in [-0.4, -0.2) is 37.6 Å². The Balaban J connectivity index is 1.83. The zero-order valence-corrected chi connectivity index (χ0v) is 16.0. The van der Waals surface area contributed by atoms with Crippen LogP contribution in [0.1, 0.15) is 53.4 Å². The molecule has 3 rings (SSSR count). The number of carbonyl (C=O) groups is 1. The number of hydrogen-bond donors (Lipinski definition) is 3. The molecule has 0 radical (unpaired) electrons. The average molecular weight is 367 g/mol. The molecular weight excluding hydrogens is 342 g/mol. The summed E-state index contributed by atoms with van der Waals surface area (Å²) >= 11 is 0. The van der Waals surface area contributed by atoms with Gasteiger partial charge in [-0.3, -0.25) is 14.6 Å². The highest BCUT2D eigenvalue weighted by Gasteiger charge is 2.21. The van der Waals surface area contributed by atoms with Crippen molar-refractivity contribution in [2.24, 2.45) is 0 Å². The van der Waals surface area contributed by atoms with Crippen LogP contribution in [0.4, 0.5) is 0 Å². The Kier molecular flexibility index (Phi) is 5.41.